The number of carbonyl (C=O) groups excluding carboxylic acids is 1. The molecule has 1 aromatic carbocycles. The molecule has 1 N–H and O–H groups in total. The number of hydrogen-bond donors (Lipinski definition) is 1. The number of aryl methyl sites for hydroxylation is 2. The second-order valence-electron chi connectivity index (χ2n) is 6.18. The van der Waals surface area contributed by atoms with Crippen LogP contribution in [0.1, 0.15) is 43.4 Å². The molecule has 1 fully saturated rings. The second-order valence-corrected chi connectivity index (χ2v) is 6.18. The van der Waals surface area contributed by atoms with Gasteiger partial charge in [-0.05, 0) is 31.9 Å². The van der Waals surface area contributed by atoms with E-state index in [9.17, 15) is 4.79 Å². The minimum Gasteiger partial charge on any atom is -0.461 e. The first-order chi connectivity index (χ1) is 10.7. The van der Waals surface area contributed by atoms with Crippen LogP contribution in [0.15, 0.2) is 40.8 Å². The van der Waals surface area contributed by atoms with E-state index < -0.39 is 0 Å². The molecule has 0 spiro atoms. The Morgan fingerprint density at radius 2 is 1.86 bits per heavy atom. The first-order valence-corrected chi connectivity index (χ1v) is 8.16. The molecule has 22 heavy (non-hydrogen) atoms. The van der Waals surface area contributed by atoms with Crippen LogP contribution in [0.2, 0.25) is 0 Å². The average molecular weight is 297 g/mol. The van der Waals surface area contributed by atoms with Crippen LogP contribution in [0.3, 0.4) is 0 Å². The van der Waals surface area contributed by atoms with Crippen LogP contribution in [0.5, 0.6) is 0 Å². The number of amides is 1. The fraction of sp³-hybridized carbons (Fsp3) is 0.421. The van der Waals surface area contributed by atoms with Crippen molar-refractivity contribution < 1.29 is 9.21 Å². The summed E-state index contributed by atoms with van der Waals surface area (Å²) in [6.07, 6.45) is 5.89. The van der Waals surface area contributed by atoms with E-state index in [0.717, 1.165) is 29.9 Å². The summed E-state index contributed by atoms with van der Waals surface area (Å²) in [6, 6.07) is 12.6. The molecule has 0 saturated heterocycles. The van der Waals surface area contributed by atoms with Crippen LogP contribution >= 0.6 is 0 Å². The van der Waals surface area contributed by atoms with E-state index in [1.54, 1.807) is 0 Å². The molecule has 0 atom stereocenters. The third-order valence-electron chi connectivity index (χ3n) is 4.32. The van der Waals surface area contributed by atoms with Crippen molar-refractivity contribution in [1.82, 2.24) is 5.32 Å². The largest absolute Gasteiger partial charge is 0.461 e. The van der Waals surface area contributed by atoms with Gasteiger partial charge in [-0.2, -0.15) is 0 Å². The summed E-state index contributed by atoms with van der Waals surface area (Å²) in [5.41, 5.74) is 2.31. The van der Waals surface area contributed by atoms with E-state index in [-0.39, 0.29) is 5.91 Å². The lowest BCUT2D eigenvalue weighted by atomic mass is 10.1. The Hall–Kier alpha value is -2.03. The van der Waals surface area contributed by atoms with Gasteiger partial charge in [0, 0.05) is 24.4 Å². The Bertz CT molecular complexity index is 621. The monoisotopic (exact) mass is 297 g/mol. The van der Waals surface area contributed by atoms with E-state index in [4.69, 9.17) is 4.42 Å². The minimum atomic E-state index is 0.139. The molecule has 2 aromatic rings. The highest BCUT2D eigenvalue weighted by Crippen LogP contribution is 2.23. The maximum absolute atomic E-state index is 11.9. The van der Waals surface area contributed by atoms with Gasteiger partial charge in [-0.1, -0.05) is 42.7 Å². The van der Waals surface area contributed by atoms with E-state index in [1.807, 2.05) is 12.1 Å². The zero-order chi connectivity index (χ0) is 15.4. The predicted molar refractivity (Wildman–Crippen MR) is 87.6 cm³/mol. The second kappa shape index (κ2) is 6.82. The van der Waals surface area contributed by atoms with Gasteiger partial charge in [-0.15, -0.1) is 0 Å². The van der Waals surface area contributed by atoms with Gasteiger partial charge >= 0.3 is 0 Å². The Labute approximate surface area is 131 Å². The third kappa shape index (κ3) is 3.79. The van der Waals surface area contributed by atoms with Gasteiger partial charge in [-0.25, -0.2) is 0 Å². The Kier molecular flexibility index (Phi) is 4.62. The van der Waals surface area contributed by atoms with Gasteiger partial charge in [0.2, 0.25) is 5.91 Å². The number of hydrogen-bond acceptors (Lipinski definition) is 2. The lowest BCUT2D eigenvalue weighted by Gasteiger charge is -2.11. The van der Waals surface area contributed by atoms with Crippen LogP contribution in [-0.4, -0.2) is 11.9 Å². The molecule has 0 bridgehead atoms. The highest BCUT2D eigenvalue weighted by atomic mass is 16.3. The highest BCUT2D eigenvalue weighted by Gasteiger charge is 2.17. The van der Waals surface area contributed by atoms with Crippen LogP contribution in [0, 0.1) is 6.92 Å². The first kappa shape index (κ1) is 14.9. The van der Waals surface area contributed by atoms with Crippen molar-refractivity contribution in [2.24, 2.45) is 0 Å². The fourth-order valence-corrected chi connectivity index (χ4v) is 2.99. The standard InChI is InChI=1S/C19H23NO2/c1-14-6-8-15(9-7-14)18-12-10-17(22-18)11-13-19(21)20-16-4-2-3-5-16/h6-10,12,16H,2-5,11,13H2,1H3,(H,20,21). The molecular weight excluding hydrogens is 274 g/mol. The van der Waals surface area contributed by atoms with Gasteiger partial charge in [0.05, 0.1) is 0 Å². The number of furan rings is 1. The molecule has 116 valence electrons. The molecule has 3 rings (SSSR count). The highest BCUT2D eigenvalue weighted by molar-refractivity contribution is 5.76. The van der Waals surface area contributed by atoms with Gasteiger partial charge < -0.3 is 9.73 Å². The summed E-state index contributed by atoms with van der Waals surface area (Å²) in [4.78, 5) is 11.9. The predicted octanol–water partition coefficient (Wildman–Crippen LogP) is 4.25. The smallest absolute Gasteiger partial charge is 0.220 e. The molecule has 0 radical (unpaired) electrons. The van der Waals surface area contributed by atoms with Gasteiger partial charge in [0.1, 0.15) is 11.5 Å². The van der Waals surface area contributed by atoms with Gasteiger partial charge in [-0.3, -0.25) is 4.79 Å². The lowest BCUT2D eigenvalue weighted by molar-refractivity contribution is -0.121. The normalized spacial score (nSPS) is 15.1. The molecule has 1 saturated carbocycles. The van der Waals surface area contributed by atoms with Crippen molar-refractivity contribution in [3.05, 3.63) is 47.7 Å². The maximum Gasteiger partial charge on any atom is 0.220 e. The Balaban J connectivity index is 1.53. The van der Waals surface area contributed by atoms with Crippen molar-refractivity contribution in [2.45, 2.75) is 51.5 Å². The van der Waals surface area contributed by atoms with Crippen molar-refractivity contribution >= 4 is 5.91 Å². The van der Waals surface area contributed by atoms with Crippen molar-refractivity contribution in [1.29, 1.82) is 0 Å². The Morgan fingerprint density at radius 3 is 2.59 bits per heavy atom. The molecule has 1 aliphatic carbocycles. The van der Waals surface area contributed by atoms with E-state index in [2.05, 4.69) is 36.5 Å². The summed E-state index contributed by atoms with van der Waals surface area (Å²) >= 11 is 0. The van der Waals surface area contributed by atoms with Gasteiger partial charge in [0.15, 0.2) is 0 Å². The fourth-order valence-electron chi connectivity index (χ4n) is 2.99. The minimum absolute atomic E-state index is 0.139. The summed E-state index contributed by atoms with van der Waals surface area (Å²) in [6.45, 7) is 2.07. The third-order valence-corrected chi connectivity index (χ3v) is 4.32. The van der Waals surface area contributed by atoms with Crippen LogP contribution < -0.4 is 5.32 Å². The van der Waals surface area contributed by atoms with Gasteiger partial charge in [0.25, 0.3) is 0 Å². The lowest BCUT2D eigenvalue weighted by Crippen LogP contribution is -2.32. The molecule has 1 heterocycles. The van der Waals surface area contributed by atoms with Crippen LogP contribution in [-0.2, 0) is 11.2 Å². The topological polar surface area (TPSA) is 42.2 Å². The first-order valence-electron chi connectivity index (χ1n) is 8.16. The maximum atomic E-state index is 11.9. The average Bonchev–Trinajstić information content (AvgIpc) is 3.17. The van der Waals surface area contributed by atoms with Crippen molar-refractivity contribution in [3.63, 3.8) is 0 Å². The van der Waals surface area contributed by atoms with E-state index in [1.165, 1.54) is 18.4 Å². The molecular formula is C19H23NO2. The quantitative estimate of drug-likeness (QED) is 0.896. The summed E-state index contributed by atoms with van der Waals surface area (Å²) in [5.74, 6) is 1.88. The molecule has 1 aromatic heterocycles. The molecule has 0 aliphatic heterocycles. The van der Waals surface area contributed by atoms with E-state index >= 15 is 0 Å². The van der Waals surface area contributed by atoms with Crippen molar-refractivity contribution in [2.75, 3.05) is 0 Å². The molecule has 3 nitrogen and oxygen atoms in total. The van der Waals surface area contributed by atoms with Crippen molar-refractivity contribution in [3.8, 4) is 11.3 Å². The summed E-state index contributed by atoms with van der Waals surface area (Å²) < 4.78 is 5.85. The summed E-state index contributed by atoms with van der Waals surface area (Å²) in [7, 11) is 0. The summed E-state index contributed by atoms with van der Waals surface area (Å²) in [5, 5.41) is 3.11. The van der Waals surface area contributed by atoms with E-state index in [0.29, 0.717) is 18.9 Å². The number of rotatable bonds is 5. The number of benzene rings is 1. The molecule has 1 aliphatic rings. The van der Waals surface area contributed by atoms with Crippen LogP contribution in [0.25, 0.3) is 11.3 Å². The molecule has 3 heteroatoms. The number of carbonyl (C=O) groups is 1. The number of nitrogens with one attached hydrogen (secondary N) is 1. The molecule has 0 unspecified atom stereocenters. The SMILES string of the molecule is Cc1ccc(-c2ccc(CCC(=O)NC3CCCC3)o2)cc1. The van der Waals surface area contributed by atoms with Crippen LogP contribution in [0.4, 0.5) is 0 Å². The Morgan fingerprint density at radius 1 is 1.14 bits per heavy atom. The zero-order valence-corrected chi connectivity index (χ0v) is 13.1. The zero-order valence-electron chi connectivity index (χ0n) is 13.1. The molecule has 1 amide bonds.